The third-order valence-electron chi connectivity index (χ3n) is 10.6. The lowest BCUT2D eigenvalue weighted by atomic mass is 9.84. The molecule has 62 heavy (non-hydrogen) atoms. The number of alkyl halides is 6. The van der Waals surface area contributed by atoms with Crippen molar-refractivity contribution in [2.24, 2.45) is 0 Å². The zero-order valence-electron chi connectivity index (χ0n) is 32.8. The zero-order valence-corrected chi connectivity index (χ0v) is 34.4. The molecule has 7 aromatic rings. The van der Waals surface area contributed by atoms with E-state index in [1.165, 1.54) is 89.1 Å². The monoisotopic (exact) mass is 894 g/mol. The first-order valence-corrected chi connectivity index (χ1v) is 21.7. The highest BCUT2D eigenvalue weighted by Gasteiger charge is 2.38. The standard InChI is InChI=1S/C42H34N4.2CHF3O3S/c1-27-33(35-7-3-5-9-37(35)43-27)15-11-29-17-21-45-23-19-31-13-14-32-20-24-46-22-18-30(26-40(46)42(32)41(31)39(45)25-29)12-16-34-28(2)44-38-10-6-4-8-36(34)38;2*2-1(3,4)8(5,6)7/h3-18,21-22,25-26H,19-20,23-24H2,1-2H3;2*(H,5,6,7). The predicted octanol–water partition coefficient (Wildman–Crippen LogP) is 8.73. The molecule has 0 fully saturated rings. The second kappa shape index (κ2) is 16.7. The summed E-state index contributed by atoms with van der Waals surface area (Å²) in [5, 5.41) is 2.53. The van der Waals surface area contributed by atoms with Gasteiger partial charge in [-0.25, -0.2) is 16.8 Å². The van der Waals surface area contributed by atoms with Gasteiger partial charge in [-0.2, -0.15) is 35.5 Å². The van der Waals surface area contributed by atoms with E-state index < -0.39 is 31.3 Å². The van der Waals surface area contributed by atoms with Crippen molar-refractivity contribution in [2.45, 2.75) is 50.8 Å². The molecular formula is C44H36F6N4O6S2. The molecule has 2 N–H and O–H groups in total. The van der Waals surface area contributed by atoms with Gasteiger partial charge in [0.25, 0.3) is 0 Å². The van der Waals surface area contributed by atoms with Crippen molar-refractivity contribution >= 4 is 66.3 Å². The molecule has 3 aromatic carbocycles. The van der Waals surface area contributed by atoms with E-state index in [4.69, 9.17) is 25.9 Å². The van der Waals surface area contributed by atoms with Gasteiger partial charge in [0, 0.05) is 81.4 Å². The molecule has 0 amide bonds. The summed E-state index contributed by atoms with van der Waals surface area (Å²) in [6.07, 6.45) is 15.7. The predicted molar refractivity (Wildman–Crippen MR) is 221 cm³/mol. The third-order valence-corrected chi connectivity index (χ3v) is 11.7. The molecule has 10 nitrogen and oxygen atoms in total. The molecule has 0 unspecified atom stereocenters. The summed E-state index contributed by atoms with van der Waals surface area (Å²) >= 11 is 0. The van der Waals surface area contributed by atoms with Gasteiger partial charge in [0.1, 0.15) is 0 Å². The Labute approximate surface area is 352 Å². The lowest BCUT2D eigenvalue weighted by molar-refractivity contribution is -0.689. The highest BCUT2D eigenvalue weighted by atomic mass is 32.2. The van der Waals surface area contributed by atoms with Crippen molar-refractivity contribution in [3.63, 3.8) is 0 Å². The van der Waals surface area contributed by atoms with E-state index in [-0.39, 0.29) is 0 Å². The smallest absolute Gasteiger partial charge is 0.485 e. The number of nitrogens with one attached hydrogen (secondary N) is 2. The van der Waals surface area contributed by atoms with Crippen molar-refractivity contribution in [1.29, 1.82) is 0 Å². The van der Waals surface area contributed by atoms with Crippen LogP contribution in [0, 0.1) is 13.8 Å². The molecule has 0 bridgehead atoms. The van der Waals surface area contributed by atoms with Crippen LogP contribution >= 0.6 is 0 Å². The van der Waals surface area contributed by atoms with Crippen LogP contribution < -0.4 is 9.13 Å². The average molecular weight is 895 g/mol. The number of nitrogens with zero attached hydrogens (tertiary/aromatic N) is 2. The van der Waals surface area contributed by atoms with Gasteiger partial charge in [0.2, 0.25) is 11.4 Å². The largest absolute Gasteiger partial charge is 0.741 e. The summed E-state index contributed by atoms with van der Waals surface area (Å²) in [6.45, 7) is 6.31. The SMILES string of the molecule is Cc1[nH]c2ccccc2c1C=Cc1cc[n+]2c(c1)-c1c(ccc3c1-c1cc(C=Cc4c(C)[nH]c5ccccc45)cc[n+]1CC3)CC2.O=S(=O)([O-])C(F)(F)F.O=S(=O)([O-])C(F)(F)F. The number of aromatic amines is 2. The van der Waals surface area contributed by atoms with Crippen LogP contribution in [0.3, 0.4) is 0 Å². The molecule has 0 saturated heterocycles. The van der Waals surface area contributed by atoms with Crippen LogP contribution in [0.15, 0.2) is 97.3 Å². The normalized spacial score (nSPS) is 13.8. The minimum Gasteiger partial charge on any atom is -0.741 e. The van der Waals surface area contributed by atoms with Gasteiger partial charge in [0.05, 0.1) is 11.1 Å². The molecule has 0 radical (unpaired) electrons. The Morgan fingerprint density at radius 1 is 0.565 bits per heavy atom. The quantitative estimate of drug-likeness (QED) is 0.0780. The van der Waals surface area contributed by atoms with Crippen LogP contribution in [0.4, 0.5) is 26.3 Å². The molecule has 0 atom stereocenters. The van der Waals surface area contributed by atoms with Gasteiger partial charge in [-0.05, 0) is 48.2 Å². The first kappa shape index (κ1) is 44.0. The average Bonchev–Trinajstić information content (AvgIpc) is 3.71. The summed E-state index contributed by atoms with van der Waals surface area (Å²) in [6, 6.07) is 31.2. The van der Waals surface area contributed by atoms with Crippen LogP contribution in [0.25, 0.3) is 68.6 Å². The Morgan fingerprint density at radius 2 is 0.919 bits per heavy atom. The molecule has 2 aliphatic heterocycles. The van der Waals surface area contributed by atoms with Gasteiger partial charge in [-0.1, -0.05) is 72.8 Å². The number of halogens is 6. The number of pyridine rings is 2. The van der Waals surface area contributed by atoms with E-state index in [2.05, 4.69) is 155 Å². The Kier molecular flexibility index (Phi) is 11.8. The molecule has 0 saturated carbocycles. The molecule has 0 aliphatic carbocycles. The number of rotatable bonds is 4. The van der Waals surface area contributed by atoms with Crippen molar-refractivity contribution < 1.29 is 61.4 Å². The summed E-state index contributed by atoms with van der Waals surface area (Å²) in [5.41, 5.74) is 6.70. The molecule has 9 rings (SSSR count). The van der Waals surface area contributed by atoms with E-state index >= 15 is 0 Å². The van der Waals surface area contributed by atoms with Crippen molar-refractivity contribution in [3.8, 4) is 22.5 Å². The van der Waals surface area contributed by atoms with E-state index in [1.54, 1.807) is 0 Å². The third kappa shape index (κ3) is 9.09. The second-order valence-electron chi connectivity index (χ2n) is 14.6. The summed E-state index contributed by atoms with van der Waals surface area (Å²) < 4.78 is 123. The number of hydrogen-bond acceptors (Lipinski definition) is 6. The Bertz CT molecular complexity index is 2940. The zero-order chi connectivity index (χ0) is 44.8. The minimum absolute atomic E-state index is 0.999. The summed E-state index contributed by atoms with van der Waals surface area (Å²) in [4.78, 5) is 7.08. The summed E-state index contributed by atoms with van der Waals surface area (Å²) in [5.74, 6) is 0. The van der Waals surface area contributed by atoms with E-state index in [0.717, 1.165) is 25.9 Å². The topological polar surface area (TPSA) is 154 Å². The number of fused-ring (bicyclic) bond motifs is 9. The number of H-pyrrole nitrogens is 2. The summed E-state index contributed by atoms with van der Waals surface area (Å²) in [7, 11) is -12.2. The number of aryl methyl sites for hydroxylation is 6. The lowest BCUT2D eigenvalue weighted by Gasteiger charge is -2.23. The molecule has 322 valence electrons. The first-order valence-electron chi connectivity index (χ1n) is 18.9. The highest BCUT2D eigenvalue weighted by molar-refractivity contribution is 7.86. The molecule has 2 aliphatic rings. The number of benzene rings is 3. The Balaban J connectivity index is 0.000000309. The molecule has 18 heteroatoms. The fourth-order valence-electron chi connectivity index (χ4n) is 7.68. The van der Waals surface area contributed by atoms with E-state index in [1.807, 2.05) is 0 Å². The maximum Gasteiger partial charge on any atom is 0.485 e. The highest BCUT2D eigenvalue weighted by Crippen LogP contribution is 2.40. The van der Waals surface area contributed by atoms with Crippen LogP contribution in [-0.4, -0.2) is 46.9 Å². The Hall–Kier alpha value is -6.08. The fraction of sp³-hybridized carbons (Fsp3) is 0.182. The maximum atomic E-state index is 10.7. The van der Waals surface area contributed by atoms with Crippen LogP contribution in [0.5, 0.6) is 0 Å². The van der Waals surface area contributed by atoms with Crippen molar-refractivity contribution in [2.75, 3.05) is 0 Å². The van der Waals surface area contributed by atoms with Crippen molar-refractivity contribution in [3.05, 3.63) is 142 Å². The lowest BCUT2D eigenvalue weighted by Crippen LogP contribution is -2.43. The molecule has 6 heterocycles. The number of aromatic nitrogens is 4. The van der Waals surface area contributed by atoms with Gasteiger partial charge >= 0.3 is 11.0 Å². The Morgan fingerprint density at radius 3 is 1.27 bits per heavy atom. The number of para-hydroxylation sites is 2. The van der Waals surface area contributed by atoms with Gasteiger partial charge in [-0.3, -0.25) is 0 Å². The maximum absolute atomic E-state index is 10.7. The molecule has 0 spiro atoms. The minimum atomic E-state index is -6.09. The number of hydrogen-bond donors (Lipinski definition) is 2. The van der Waals surface area contributed by atoms with Crippen LogP contribution in [0.1, 0.15) is 44.8 Å². The van der Waals surface area contributed by atoms with Crippen LogP contribution in [-0.2, 0) is 46.2 Å². The van der Waals surface area contributed by atoms with Gasteiger partial charge in [-0.15, -0.1) is 0 Å². The van der Waals surface area contributed by atoms with Crippen molar-refractivity contribution in [1.82, 2.24) is 9.97 Å². The van der Waals surface area contributed by atoms with Gasteiger partial charge in [0.15, 0.2) is 45.7 Å². The van der Waals surface area contributed by atoms with E-state index in [9.17, 15) is 26.3 Å². The fourth-order valence-corrected chi connectivity index (χ4v) is 7.68. The second-order valence-corrected chi connectivity index (χ2v) is 17.3. The van der Waals surface area contributed by atoms with Crippen LogP contribution in [0.2, 0.25) is 0 Å². The molecule has 4 aromatic heterocycles. The first-order chi connectivity index (χ1) is 29.1. The van der Waals surface area contributed by atoms with E-state index in [0.29, 0.717) is 0 Å². The van der Waals surface area contributed by atoms with Gasteiger partial charge < -0.3 is 19.1 Å². The molecular weight excluding hydrogens is 859 g/mol.